The first kappa shape index (κ1) is 21.2. The molecule has 4 rings (SSSR count). The van der Waals surface area contributed by atoms with E-state index in [1.807, 2.05) is 6.92 Å². The number of amides is 1. The van der Waals surface area contributed by atoms with Crippen LogP contribution in [-0.4, -0.2) is 48.6 Å². The first-order valence-corrected chi connectivity index (χ1v) is 11.9. The summed E-state index contributed by atoms with van der Waals surface area (Å²) in [5.74, 6) is 0.0434. The molecule has 1 atom stereocenters. The van der Waals surface area contributed by atoms with E-state index in [9.17, 15) is 4.79 Å². The van der Waals surface area contributed by atoms with Crippen LogP contribution >= 0.6 is 22.7 Å². The molecule has 5 nitrogen and oxygen atoms in total. The molecule has 0 aliphatic carbocycles. The third-order valence-electron chi connectivity index (χ3n) is 5.30. The lowest BCUT2D eigenvalue weighted by molar-refractivity contribution is -0.120. The molecule has 1 aromatic carbocycles. The van der Waals surface area contributed by atoms with Gasteiger partial charge in [0.2, 0.25) is 5.91 Å². The van der Waals surface area contributed by atoms with Gasteiger partial charge in [0.1, 0.15) is 0 Å². The van der Waals surface area contributed by atoms with Crippen LogP contribution in [0.1, 0.15) is 26.4 Å². The van der Waals surface area contributed by atoms with E-state index in [1.54, 1.807) is 22.7 Å². The van der Waals surface area contributed by atoms with Crippen molar-refractivity contribution in [1.82, 2.24) is 15.2 Å². The largest absolute Gasteiger partial charge is 0.379 e. The van der Waals surface area contributed by atoms with E-state index in [2.05, 4.69) is 58.9 Å². The number of rotatable bonds is 7. The van der Waals surface area contributed by atoms with E-state index < -0.39 is 0 Å². The number of carbonyl (C=O) groups excluding carboxylic acids is 1. The molecule has 0 saturated carbocycles. The highest BCUT2D eigenvalue weighted by Crippen LogP contribution is 2.29. The van der Waals surface area contributed by atoms with E-state index >= 15 is 0 Å². The summed E-state index contributed by atoms with van der Waals surface area (Å²) >= 11 is 3.35. The van der Waals surface area contributed by atoms with Crippen LogP contribution in [0.25, 0.3) is 11.3 Å². The quantitative estimate of drug-likeness (QED) is 0.596. The zero-order valence-electron chi connectivity index (χ0n) is 17.4. The van der Waals surface area contributed by atoms with Crippen LogP contribution < -0.4 is 5.32 Å². The summed E-state index contributed by atoms with van der Waals surface area (Å²) in [6.45, 7) is 7.95. The molecule has 2 aromatic heterocycles. The van der Waals surface area contributed by atoms with Crippen molar-refractivity contribution in [2.24, 2.45) is 0 Å². The van der Waals surface area contributed by atoms with Crippen molar-refractivity contribution < 1.29 is 9.53 Å². The molecule has 3 heterocycles. The van der Waals surface area contributed by atoms with Gasteiger partial charge in [0, 0.05) is 35.0 Å². The number of hydrogen-bond acceptors (Lipinski definition) is 6. The Morgan fingerprint density at radius 3 is 2.67 bits per heavy atom. The number of nitrogens with zero attached hydrogens (tertiary/aromatic N) is 2. The molecule has 1 saturated heterocycles. The van der Waals surface area contributed by atoms with Gasteiger partial charge in [0.25, 0.3) is 0 Å². The zero-order chi connectivity index (χ0) is 20.9. The lowest BCUT2D eigenvalue weighted by Crippen LogP contribution is -2.43. The Hall–Kier alpha value is -2.06. The Balaban J connectivity index is 1.43. The van der Waals surface area contributed by atoms with Crippen molar-refractivity contribution in [3.63, 3.8) is 0 Å². The van der Waals surface area contributed by atoms with Crippen LogP contribution in [-0.2, 0) is 16.0 Å². The fourth-order valence-electron chi connectivity index (χ4n) is 3.72. The number of ether oxygens (including phenoxy) is 1. The predicted octanol–water partition coefficient (Wildman–Crippen LogP) is 4.22. The second-order valence-electron chi connectivity index (χ2n) is 7.53. The lowest BCUT2D eigenvalue weighted by atomic mass is 10.1. The lowest BCUT2D eigenvalue weighted by Gasteiger charge is -2.34. The third kappa shape index (κ3) is 5.16. The summed E-state index contributed by atoms with van der Waals surface area (Å²) in [5, 5.41) is 6.26. The molecule has 1 amide bonds. The average molecular weight is 442 g/mol. The summed E-state index contributed by atoms with van der Waals surface area (Å²) in [6.07, 6.45) is 0.356. The maximum absolute atomic E-state index is 12.8. The Morgan fingerprint density at radius 2 is 1.97 bits per heavy atom. The Kier molecular flexibility index (Phi) is 6.94. The summed E-state index contributed by atoms with van der Waals surface area (Å²) in [4.78, 5) is 22.2. The SMILES string of the molecule is Cc1ccc(-c2nc(C)sc2CC(=O)NC[C@@H](c2cccs2)N2CCOCC2)cc1. The van der Waals surface area contributed by atoms with E-state index in [1.165, 1.54) is 10.4 Å². The summed E-state index contributed by atoms with van der Waals surface area (Å²) in [5.41, 5.74) is 3.21. The smallest absolute Gasteiger partial charge is 0.225 e. The van der Waals surface area contributed by atoms with Crippen LogP contribution in [0.15, 0.2) is 41.8 Å². The third-order valence-corrected chi connectivity index (χ3v) is 7.25. The number of carbonyl (C=O) groups is 1. The van der Waals surface area contributed by atoms with Gasteiger partial charge in [0.05, 0.1) is 36.4 Å². The number of thiophene rings is 1. The number of aromatic nitrogens is 1. The minimum absolute atomic E-state index is 0.0434. The zero-order valence-corrected chi connectivity index (χ0v) is 19.0. The molecule has 1 aliphatic heterocycles. The molecule has 1 aliphatic rings. The second-order valence-corrected chi connectivity index (χ2v) is 9.80. The van der Waals surface area contributed by atoms with Gasteiger partial charge in [-0.05, 0) is 25.3 Å². The highest BCUT2D eigenvalue weighted by atomic mass is 32.1. The molecule has 0 bridgehead atoms. The molecule has 1 N–H and O–H groups in total. The molecular weight excluding hydrogens is 414 g/mol. The number of aryl methyl sites for hydroxylation is 2. The first-order chi connectivity index (χ1) is 14.6. The van der Waals surface area contributed by atoms with Gasteiger partial charge >= 0.3 is 0 Å². The van der Waals surface area contributed by atoms with Crippen LogP contribution in [0, 0.1) is 13.8 Å². The Labute approximate surface area is 185 Å². The van der Waals surface area contributed by atoms with E-state index in [0.29, 0.717) is 13.0 Å². The van der Waals surface area contributed by atoms with Gasteiger partial charge in [0.15, 0.2) is 0 Å². The minimum atomic E-state index is 0.0434. The van der Waals surface area contributed by atoms with Crippen LogP contribution in [0.3, 0.4) is 0 Å². The monoisotopic (exact) mass is 441 g/mol. The summed E-state index contributed by atoms with van der Waals surface area (Å²) in [7, 11) is 0. The standard InChI is InChI=1S/C23H27N3O2S2/c1-16-5-7-18(8-6-16)23-21(30-17(2)25-23)14-22(27)24-15-19(20-4-3-13-29-20)26-9-11-28-12-10-26/h3-8,13,19H,9-12,14-15H2,1-2H3,(H,24,27)/t19-/m0/s1. The summed E-state index contributed by atoms with van der Waals surface area (Å²) in [6, 6.07) is 12.7. The maximum Gasteiger partial charge on any atom is 0.225 e. The molecule has 0 spiro atoms. The van der Waals surface area contributed by atoms with Crippen molar-refractivity contribution in [3.05, 3.63) is 62.1 Å². The molecule has 3 aromatic rings. The number of benzene rings is 1. The first-order valence-electron chi connectivity index (χ1n) is 10.3. The highest BCUT2D eigenvalue weighted by Gasteiger charge is 2.24. The highest BCUT2D eigenvalue weighted by molar-refractivity contribution is 7.12. The van der Waals surface area contributed by atoms with Gasteiger partial charge in [-0.3, -0.25) is 9.69 Å². The molecule has 30 heavy (non-hydrogen) atoms. The Morgan fingerprint density at radius 1 is 1.20 bits per heavy atom. The maximum atomic E-state index is 12.8. The van der Waals surface area contributed by atoms with Crippen molar-refractivity contribution in [3.8, 4) is 11.3 Å². The number of nitrogens with one attached hydrogen (secondary N) is 1. The van der Waals surface area contributed by atoms with Gasteiger partial charge in [-0.1, -0.05) is 35.9 Å². The van der Waals surface area contributed by atoms with E-state index in [4.69, 9.17) is 9.72 Å². The topological polar surface area (TPSA) is 54.5 Å². The molecule has 0 radical (unpaired) electrons. The number of hydrogen-bond donors (Lipinski definition) is 1. The van der Waals surface area contributed by atoms with Crippen molar-refractivity contribution in [1.29, 1.82) is 0 Å². The minimum Gasteiger partial charge on any atom is -0.379 e. The molecular formula is C23H27N3O2S2. The summed E-state index contributed by atoms with van der Waals surface area (Å²) < 4.78 is 5.51. The normalized spacial score (nSPS) is 15.8. The van der Waals surface area contributed by atoms with E-state index in [0.717, 1.165) is 47.4 Å². The molecule has 0 unspecified atom stereocenters. The van der Waals surface area contributed by atoms with Crippen LogP contribution in [0.4, 0.5) is 0 Å². The fourth-order valence-corrected chi connectivity index (χ4v) is 5.54. The van der Waals surface area contributed by atoms with Gasteiger partial charge in [-0.25, -0.2) is 4.98 Å². The van der Waals surface area contributed by atoms with Crippen LogP contribution in [0.2, 0.25) is 0 Å². The molecule has 1 fully saturated rings. The Bertz CT molecular complexity index is 961. The van der Waals surface area contributed by atoms with Crippen molar-refractivity contribution in [2.75, 3.05) is 32.8 Å². The van der Waals surface area contributed by atoms with Gasteiger partial charge < -0.3 is 10.1 Å². The average Bonchev–Trinajstić information content (AvgIpc) is 3.40. The number of thiazole rings is 1. The van der Waals surface area contributed by atoms with Crippen molar-refractivity contribution in [2.45, 2.75) is 26.3 Å². The predicted molar refractivity (Wildman–Crippen MR) is 123 cm³/mol. The van der Waals surface area contributed by atoms with Gasteiger partial charge in [-0.15, -0.1) is 22.7 Å². The molecule has 7 heteroatoms. The number of morpholine rings is 1. The molecule has 158 valence electrons. The van der Waals surface area contributed by atoms with Crippen molar-refractivity contribution >= 4 is 28.6 Å². The fraction of sp³-hybridized carbons (Fsp3) is 0.391. The van der Waals surface area contributed by atoms with Crippen LogP contribution in [0.5, 0.6) is 0 Å². The van der Waals surface area contributed by atoms with E-state index in [-0.39, 0.29) is 11.9 Å². The van der Waals surface area contributed by atoms with Gasteiger partial charge in [-0.2, -0.15) is 0 Å². The second kappa shape index (κ2) is 9.83.